The number of carbonyl (C=O) groups excluding carboxylic acids is 1. The zero-order valence-corrected chi connectivity index (χ0v) is 14.6. The van der Waals surface area contributed by atoms with Crippen LogP contribution in [0.4, 0.5) is 0 Å². The van der Waals surface area contributed by atoms with Gasteiger partial charge in [-0.15, -0.1) is 0 Å². The van der Waals surface area contributed by atoms with Crippen LogP contribution < -0.4 is 5.32 Å². The number of piperidine rings is 1. The fourth-order valence-electron chi connectivity index (χ4n) is 3.22. The highest BCUT2D eigenvalue weighted by molar-refractivity contribution is 7.80. The van der Waals surface area contributed by atoms with E-state index in [0.717, 1.165) is 56.3 Å². The molecule has 0 aromatic heterocycles. The topological polar surface area (TPSA) is 35.6 Å². The second-order valence-electron chi connectivity index (χ2n) is 6.62. The SMILES string of the molecule is C=C(C)CNC(=S)N1CCC(C(=O)N2CCCCCC2)CC1. The molecule has 0 bridgehead atoms. The molecule has 2 aliphatic heterocycles. The lowest BCUT2D eigenvalue weighted by Crippen LogP contribution is -2.47. The number of carbonyl (C=O) groups is 1. The summed E-state index contributed by atoms with van der Waals surface area (Å²) >= 11 is 5.42. The van der Waals surface area contributed by atoms with Crippen LogP contribution in [0.25, 0.3) is 0 Å². The van der Waals surface area contributed by atoms with E-state index >= 15 is 0 Å². The molecule has 0 unspecified atom stereocenters. The molecule has 0 radical (unpaired) electrons. The number of nitrogens with zero attached hydrogens (tertiary/aromatic N) is 2. The average Bonchev–Trinajstić information content (AvgIpc) is 2.81. The Bertz CT molecular complexity index is 408. The summed E-state index contributed by atoms with van der Waals surface area (Å²) in [6.07, 6.45) is 6.71. The Labute approximate surface area is 139 Å². The summed E-state index contributed by atoms with van der Waals surface area (Å²) in [5.74, 6) is 0.570. The number of hydrogen-bond acceptors (Lipinski definition) is 2. The van der Waals surface area contributed by atoms with Crippen LogP contribution in [0.5, 0.6) is 0 Å². The van der Waals surface area contributed by atoms with E-state index in [1.807, 2.05) is 6.92 Å². The first-order valence-electron chi connectivity index (χ1n) is 8.54. The minimum absolute atomic E-state index is 0.193. The number of nitrogens with one attached hydrogen (secondary N) is 1. The fourth-order valence-corrected chi connectivity index (χ4v) is 3.47. The van der Waals surface area contributed by atoms with Crippen molar-refractivity contribution in [2.45, 2.75) is 45.4 Å². The third kappa shape index (κ3) is 4.97. The van der Waals surface area contributed by atoms with Crippen molar-refractivity contribution in [1.29, 1.82) is 0 Å². The third-order valence-corrected chi connectivity index (χ3v) is 4.99. The number of rotatable bonds is 3. The summed E-state index contributed by atoms with van der Waals surface area (Å²) < 4.78 is 0. The molecule has 0 aromatic rings. The first-order valence-corrected chi connectivity index (χ1v) is 8.94. The number of amides is 1. The molecular weight excluding hydrogens is 294 g/mol. The van der Waals surface area contributed by atoms with Crippen LogP contribution >= 0.6 is 12.2 Å². The van der Waals surface area contributed by atoms with Gasteiger partial charge in [0.15, 0.2) is 5.11 Å². The summed E-state index contributed by atoms with van der Waals surface area (Å²) in [6.45, 7) is 10.3. The van der Waals surface area contributed by atoms with Crippen LogP contribution in [0.1, 0.15) is 45.4 Å². The standard InChI is InChI=1S/C17H29N3OS/c1-14(2)13-18-17(22)20-11-7-15(8-12-20)16(21)19-9-5-3-4-6-10-19/h15H,1,3-13H2,2H3,(H,18,22). The second kappa shape index (κ2) is 8.51. The van der Waals surface area contributed by atoms with E-state index < -0.39 is 0 Å². The van der Waals surface area contributed by atoms with Gasteiger partial charge in [-0.3, -0.25) is 4.79 Å². The predicted molar refractivity (Wildman–Crippen MR) is 94.8 cm³/mol. The van der Waals surface area contributed by atoms with Crippen molar-refractivity contribution in [2.24, 2.45) is 5.92 Å². The zero-order chi connectivity index (χ0) is 15.9. The van der Waals surface area contributed by atoms with Gasteiger partial charge in [-0.05, 0) is 44.8 Å². The molecule has 2 saturated heterocycles. The number of thiocarbonyl (C=S) groups is 1. The molecule has 5 heteroatoms. The van der Waals surface area contributed by atoms with Gasteiger partial charge in [0.05, 0.1) is 0 Å². The van der Waals surface area contributed by atoms with E-state index in [-0.39, 0.29) is 5.92 Å². The number of likely N-dealkylation sites (tertiary alicyclic amines) is 2. The maximum atomic E-state index is 12.6. The molecule has 1 amide bonds. The first-order chi connectivity index (χ1) is 10.6. The maximum Gasteiger partial charge on any atom is 0.225 e. The van der Waals surface area contributed by atoms with Crippen LogP contribution in [0.15, 0.2) is 12.2 Å². The van der Waals surface area contributed by atoms with Crippen molar-refractivity contribution in [3.05, 3.63) is 12.2 Å². The molecule has 2 fully saturated rings. The zero-order valence-electron chi connectivity index (χ0n) is 13.8. The Morgan fingerprint density at radius 2 is 1.68 bits per heavy atom. The minimum atomic E-state index is 0.193. The van der Waals surface area contributed by atoms with Crippen molar-refractivity contribution in [2.75, 3.05) is 32.7 Å². The van der Waals surface area contributed by atoms with Gasteiger partial charge in [0, 0.05) is 38.6 Å². The average molecular weight is 324 g/mol. The van der Waals surface area contributed by atoms with E-state index in [0.29, 0.717) is 5.91 Å². The molecule has 4 nitrogen and oxygen atoms in total. The second-order valence-corrected chi connectivity index (χ2v) is 7.00. The lowest BCUT2D eigenvalue weighted by atomic mass is 9.95. The van der Waals surface area contributed by atoms with Crippen molar-refractivity contribution >= 4 is 23.2 Å². The smallest absolute Gasteiger partial charge is 0.225 e. The highest BCUT2D eigenvalue weighted by atomic mass is 32.1. The normalized spacial score (nSPS) is 20.4. The van der Waals surface area contributed by atoms with Crippen molar-refractivity contribution in [3.63, 3.8) is 0 Å². The molecule has 1 N–H and O–H groups in total. The molecule has 2 rings (SSSR count). The monoisotopic (exact) mass is 323 g/mol. The minimum Gasteiger partial charge on any atom is -0.359 e. The first kappa shape index (κ1) is 17.3. The maximum absolute atomic E-state index is 12.6. The van der Waals surface area contributed by atoms with Gasteiger partial charge in [0.25, 0.3) is 0 Å². The Morgan fingerprint density at radius 3 is 2.23 bits per heavy atom. The molecule has 2 heterocycles. The summed E-state index contributed by atoms with van der Waals surface area (Å²) in [5, 5.41) is 4.03. The van der Waals surface area contributed by atoms with Crippen LogP contribution in [0.3, 0.4) is 0 Å². The molecule has 0 aromatic carbocycles. The van der Waals surface area contributed by atoms with Crippen LogP contribution in [-0.2, 0) is 4.79 Å². The van der Waals surface area contributed by atoms with Gasteiger partial charge in [-0.2, -0.15) is 0 Å². The third-order valence-electron chi connectivity index (χ3n) is 4.59. The Balaban J connectivity index is 1.77. The van der Waals surface area contributed by atoms with Gasteiger partial charge in [-0.25, -0.2) is 0 Å². The van der Waals surface area contributed by atoms with Gasteiger partial charge in [0.1, 0.15) is 0 Å². The number of hydrogen-bond donors (Lipinski definition) is 1. The van der Waals surface area contributed by atoms with Gasteiger partial charge in [0.2, 0.25) is 5.91 Å². The van der Waals surface area contributed by atoms with Crippen LogP contribution in [0.2, 0.25) is 0 Å². The predicted octanol–water partition coefficient (Wildman–Crippen LogP) is 2.55. The van der Waals surface area contributed by atoms with E-state index in [2.05, 4.69) is 21.7 Å². The van der Waals surface area contributed by atoms with Crippen LogP contribution in [0, 0.1) is 5.92 Å². The summed E-state index contributed by atoms with van der Waals surface area (Å²) in [5.41, 5.74) is 1.08. The summed E-state index contributed by atoms with van der Waals surface area (Å²) in [6, 6.07) is 0. The molecule has 0 atom stereocenters. The van der Waals surface area contributed by atoms with E-state index in [1.54, 1.807) is 0 Å². The van der Waals surface area contributed by atoms with Crippen molar-refractivity contribution in [3.8, 4) is 0 Å². The highest BCUT2D eigenvalue weighted by Gasteiger charge is 2.29. The summed E-state index contributed by atoms with van der Waals surface area (Å²) in [4.78, 5) is 16.9. The van der Waals surface area contributed by atoms with Crippen molar-refractivity contribution in [1.82, 2.24) is 15.1 Å². The summed E-state index contributed by atoms with van der Waals surface area (Å²) in [7, 11) is 0. The Morgan fingerprint density at radius 1 is 1.09 bits per heavy atom. The fraction of sp³-hybridized carbons (Fsp3) is 0.765. The largest absolute Gasteiger partial charge is 0.359 e. The van der Waals surface area contributed by atoms with Gasteiger partial charge < -0.3 is 15.1 Å². The molecule has 2 aliphatic rings. The Kier molecular flexibility index (Phi) is 6.68. The molecule has 22 heavy (non-hydrogen) atoms. The molecule has 0 saturated carbocycles. The quantitative estimate of drug-likeness (QED) is 0.639. The van der Waals surface area contributed by atoms with E-state index in [1.165, 1.54) is 25.7 Å². The molecule has 0 spiro atoms. The highest BCUT2D eigenvalue weighted by Crippen LogP contribution is 2.21. The van der Waals surface area contributed by atoms with Crippen LogP contribution in [-0.4, -0.2) is 53.5 Å². The molecule has 124 valence electrons. The lowest BCUT2D eigenvalue weighted by Gasteiger charge is -2.35. The van der Waals surface area contributed by atoms with E-state index in [9.17, 15) is 4.79 Å². The van der Waals surface area contributed by atoms with E-state index in [4.69, 9.17) is 12.2 Å². The van der Waals surface area contributed by atoms with Crippen molar-refractivity contribution < 1.29 is 4.79 Å². The lowest BCUT2D eigenvalue weighted by molar-refractivity contribution is -0.136. The Hall–Kier alpha value is -1.10. The molecule has 0 aliphatic carbocycles. The molecular formula is C17H29N3OS. The van der Waals surface area contributed by atoms with Gasteiger partial charge in [-0.1, -0.05) is 25.0 Å². The van der Waals surface area contributed by atoms with Gasteiger partial charge >= 0.3 is 0 Å².